The molecular weight excluding hydrogens is 337 g/mol. The lowest BCUT2D eigenvalue weighted by Gasteiger charge is -2.26. The van der Waals surface area contributed by atoms with Crippen LogP contribution in [0.3, 0.4) is 0 Å². The predicted molar refractivity (Wildman–Crippen MR) is 85.4 cm³/mol. The molecular formula is C18H21F3O4. The lowest BCUT2D eigenvalue weighted by Crippen LogP contribution is -2.34. The molecule has 0 amide bonds. The van der Waals surface area contributed by atoms with Crippen LogP contribution in [0.2, 0.25) is 0 Å². The molecule has 0 N–H and O–H groups in total. The van der Waals surface area contributed by atoms with Gasteiger partial charge in [-0.1, -0.05) is 12.2 Å². The van der Waals surface area contributed by atoms with E-state index in [1.807, 2.05) is 6.08 Å². The molecule has 0 spiro atoms. The summed E-state index contributed by atoms with van der Waals surface area (Å²) in [6, 6.07) is 2.35. The Kier molecular flexibility index (Phi) is 7.31. The Bertz CT molecular complexity index is 611. The molecule has 2 unspecified atom stereocenters. The van der Waals surface area contributed by atoms with Crippen molar-refractivity contribution >= 4 is 5.97 Å². The molecule has 4 nitrogen and oxygen atoms in total. The predicted octanol–water partition coefficient (Wildman–Crippen LogP) is 3.98. The number of carbonyl (C=O) groups excluding carboxylic acids is 1. The van der Waals surface area contributed by atoms with E-state index in [9.17, 15) is 18.0 Å². The molecule has 1 aliphatic heterocycles. The van der Waals surface area contributed by atoms with Crippen LogP contribution in [-0.2, 0) is 9.53 Å². The highest BCUT2D eigenvalue weighted by Gasteiger charge is 2.29. The topological polar surface area (TPSA) is 44.8 Å². The highest BCUT2D eigenvalue weighted by molar-refractivity contribution is 5.77. The van der Waals surface area contributed by atoms with Gasteiger partial charge < -0.3 is 14.2 Å². The van der Waals surface area contributed by atoms with Crippen LogP contribution in [0, 0.1) is 17.6 Å². The molecule has 1 saturated heterocycles. The summed E-state index contributed by atoms with van der Waals surface area (Å²) < 4.78 is 55.1. The van der Waals surface area contributed by atoms with Gasteiger partial charge in [-0.25, -0.2) is 4.79 Å². The summed E-state index contributed by atoms with van der Waals surface area (Å²) in [7, 11) is 0. The lowest BCUT2D eigenvalue weighted by molar-refractivity contribution is -0.151. The van der Waals surface area contributed by atoms with Crippen LogP contribution in [0.4, 0.5) is 13.2 Å². The van der Waals surface area contributed by atoms with E-state index >= 15 is 0 Å². The number of ether oxygens (including phenoxy) is 3. The minimum atomic E-state index is -1.28. The Labute approximate surface area is 144 Å². The zero-order chi connectivity index (χ0) is 18.2. The van der Waals surface area contributed by atoms with Crippen molar-refractivity contribution in [3.05, 3.63) is 35.9 Å². The third kappa shape index (κ3) is 5.22. The smallest absolute Gasteiger partial charge is 0.340 e. The third-order valence-corrected chi connectivity index (χ3v) is 3.78. The second-order valence-corrected chi connectivity index (χ2v) is 5.61. The summed E-state index contributed by atoms with van der Waals surface area (Å²) in [4.78, 5) is 12.1. The number of esters is 1. The van der Waals surface area contributed by atoms with Gasteiger partial charge in [0.15, 0.2) is 17.6 Å². The molecule has 1 heterocycles. The zero-order valence-corrected chi connectivity index (χ0v) is 14.0. The van der Waals surface area contributed by atoms with E-state index in [0.29, 0.717) is 25.9 Å². The Morgan fingerprint density at radius 3 is 2.64 bits per heavy atom. The summed E-state index contributed by atoms with van der Waals surface area (Å²) in [6.45, 7) is 1.71. The Balaban J connectivity index is 1.92. The summed E-state index contributed by atoms with van der Waals surface area (Å²) in [5, 5.41) is 0. The van der Waals surface area contributed by atoms with Gasteiger partial charge in [-0.15, -0.1) is 0 Å². The molecule has 138 valence electrons. The normalized spacial score (nSPS) is 20.6. The van der Waals surface area contributed by atoms with Crippen LogP contribution < -0.4 is 9.47 Å². The Hall–Kier alpha value is -2.02. The van der Waals surface area contributed by atoms with Crippen LogP contribution in [0.5, 0.6) is 11.5 Å². The first kappa shape index (κ1) is 19.3. The van der Waals surface area contributed by atoms with Gasteiger partial charge in [0.25, 0.3) is 0 Å². The number of hydrogen-bond donors (Lipinski definition) is 0. The van der Waals surface area contributed by atoms with Crippen molar-refractivity contribution in [2.45, 2.75) is 32.3 Å². The van der Waals surface area contributed by atoms with E-state index in [1.165, 1.54) is 6.07 Å². The minimum absolute atomic E-state index is 0.107. The van der Waals surface area contributed by atoms with Gasteiger partial charge >= 0.3 is 5.97 Å². The molecule has 0 saturated carbocycles. The first-order valence-corrected chi connectivity index (χ1v) is 8.23. The van der Waals surface area contributed by atoms with Crippen molar-refractivity contribution in [2.24, 2.45) is 5.92 Å². The van der Waals surface area contributed by atoms with E-state index in [1.54, 1.807) is 13.0 Å². The molecule has 1 aromatic carbocycles. The minimum Gasteiger partial charge on any atom is -0.491 e. The first-order chi connectivity index (χ1) is 12.1. The molecule has 1 aromatic rings. The Morgan fingerprint density at radius 2 is 2.00 bits per heavy atom. The van der Waals surface area contributed by atoms with Crippen LogP contribution in [-0.4, -0.2) is 32.0 Å². The van der Waals surface area contributed by atoms with Crippen molar-refractivity contribution in [1.82, 2.24) is 0 Å². The first-order valence-electron chi connectivity index (χ1n) is 8.23. The Morgan fingerprint density at radius 1 is 1.28 bits per heavy atom. The molecule has 0 bridgehead atoms. The molecule has 1 fully saturated rings. The maximum atomic E-state index is 13.9. The second kappa shape index (κ2) is 9.46. The molecule has 0 radical (unpaired) electrons. The van der Waals surface area contributed by atoms with Gasteiger partial charge in [-0.2, -0.15) is 8.78 Å². The van der Waals surface area contributed by atoms with Gasteiger partial charge in [0.05, 0.1) is 19.9 Å². The molecule has 1 aliphatic rings. The number of hydrogen-bond acceptors (Lipinski definition) is 4. The lowest BCUT2D eigenvalue weighted by atomic mass is 9.98. The van der Waals surface area contributed by atoms with E-state index in [0.717, 1.165) is 6.07 Å². The monoisotopic (exact) mass is 358 g/mol. The number of rotatable bonds is 7. The maximum absolute atomic E-state index is 13.9. The van der Waals surface area contributed by atoms with Crippen molar-refractivity contribution in [3.8, 4) is 11.5 Å². The van der Waals surface area contributed by atoms with Gasteiger partial charge in [-0.05, 0) is 38.3 Å². The van der Waals surface area contributed by atoms with Crippen LogP contribution in [0.25, 0.3) is 0 Å². The van der Waals surface area contributed by atoms with Crippen LogP contribution >= 0.6 is 0 Å². The fraction of sp³-hybridized carbons (Fsp3) is 0.500. The van der Waals surface area contributed by atoms with Crippen LogP contribution in [0.15, 0.2) is 24.3 Å². The zero-order valence-electron chi connectivity index (χ0n) is 14.0. The van der Waals surface area contributed by atoms with Crippen LogP contribution in [0.1, 0.15) is 26.2 Å². The highest BCUT2D eigenvalue weighted by Crippen LogP contribution is 2.29. The number of allylic oxidation sites excluding steroid dienone is 1. The average molecular weight is 358 g/mol. The largest absolute Gasteiger partial charge is 0.491 e. The molecule has 0 aliphatic carbocycles. The van der Waals surface area contributed by atoms with Crippen molar-refractivity contribution < 1.29 is 32.2 Å². The van der Waals surface area contributed by atoms with Crippen molar-refractivity contribution in [1.29, 1.82) is 0 Å². The van der Waals surface area contributed by atoms with Gasteiger partial charge in [-0.3, -0.25) is 4.39 Å². The standard InChI is InChI=1S/C18H21F3O4/c1-2-23-13-8-9-14(17(21)16(13)20)25-18(22)15-7-6-12(11-24-15)5-3-4-10-19/h3,5,8-9,12,15H,2,4,6-7,10-11H2,1H3. The van der Waals surface area contributed by atoms with Crippen molar-refractivity contribution in [2.75, 3.05) is 19.9 Å². The molecule has 25 heavy (non-hydrogen) atoms. The summed E-state index contributed by atoms with van der Waals surface area (Å²) in [5.74, 6) is -3.88. The maximum Gasteiger partial charge on any atom is 0.340 e. The van der Waals surface area contributed by atoms with Crippen molar-refractivity contribution in [3.63, 3.8) is 0 Å². The van der Waals surface area contributed by atoms with E-state index < -0.39 is 36.1 Å². The summed E-state index contributed by atoms with van der Waals surface area (Å²) in [6.07, 6.45) is 4.19. The number of benzene rings is 1. The van der Waals surface area contributed by atoms with Gasteiger partial charge in [0.1, 0.15) is 0 Å². The molecule has 0 aromatic heterocycles. The molecule has 2 rings (SSSR count). The van der Waals surface area contributed by atoms with E-state index in [4.69, 9.17) is 14.2 Å². The summed E-state index contributed by atoms with van der Waals surface area (Å²) >= 11 is 0. The molecule has 2 atom stereocenters. The fourth-order valence-electron chi connectivity index (χ4n) is 2.50. The number of halogens is 3. The fourth-order valence-corrected chi connectivity index (χ4v) is 2.50. The quantitative estimate of drug-likeness (QED) is 0.420. The summed E-state index contributed by atoms with van der Waals surface area (Å²) in [5.41, 5.74) is 0. The SMILES string of the molecule is CCOc1ccc(OC(=O)C2CCC(C=CCCF)CO2)c(F)c1F. The molecule has 7 heteroatoms. The van der Waals surface area contributed by atoms with E-state index in [-0.39, 0.29) is 18.3 Å². The number of carbonyl (C=O) groups is 1. The average Bonchev–Trinajstić information content (AvgIpc) is 2.62. The third-order valence-electron chi connectivity index (χ3n) is 3.78. The van der Waals surface area contributed by atoms with E-state index in [2.05, 4.69) is 0 Å². The van der Waals surface area contributed by atoms with Gasteiger partial charge in [0, 0.05) is 5.92 Å². The van der Waals surface area contributed by atoms with Gasteiger partial charge in [0.2, 0.25) is 11.6 Å². The number of alkyl halides is 1. The highest BCUT2D eigenvalue weighted by atomic mass is 19.2. The second-order valence-electron chi connectivity index (χ2n) is 5.61.